The molecule has 0 saturated carbocycles. The number of nitro groups is 1. The third-order valence-electron chi connectivity index (χ3n) is 4.65. The van der Waals surface area contributed by atoms with Crippen molar-refractivity contribution in [2.24, 2.45) is 0 Å². The molecule has 0 heterocycles. The van der Waals surface area contributed by atoms with Crippen LogP contribution in [-0.4, -0.2) is 28.0 Å². The number of ether oxygens (including phenoxy) is 1. The van der Waals surface area contributed by atoms with Gasteiger partial charge in [0.2, 0.25) is 0 Å². The lowest BCUT2D eigenvalue weighted by atomic mass is 10.1. The second kappa shape index (κ2) is 11.5. The number of amides is 1. The molecule has 1 amide bonds. The van der Waals surface area contributed by atoms with Gasteiger partial charge >= 0.3 is 6.09 Å². The minimum Gasteiger partial charge on any atom is -0.444 e. The van der Waals surface area contributed by atoms with Crippen LogP contribution in [0.1, 0.15) is 71.8 Å². The van der Waals surface area contributed by atoms with E-state index in [0.717, 1.165) is 38.5 Å². The molecule has 0 spiro atoms. The van der Waals surface area contributed by atoms with Crippen molar-refractivity contribution in [1.29, 1.82) is 0 Å². The van der Waals surface area contributed by atoms with E-state index >= 15 is 0 Å². The Morgan fingerprint density at radius 3 is 2.15 bits per heavy atom. The number of carbonyl (C=O) groups is 1. The Morgan fingerprint density at radius 2 is 1.65 bits per heavy atom. The van der Waals surface area contributed by atoms with Crippen molar-refractivity contribution in [3.63, 3.8) is 0 Å². The first-order valence-electron chi connectivity index (χ1n) is 9.59. The van der Waals surface area contributed by atoms with E-state index in [4.69, 9.17) is 4.74 Å². The molecule has 1 rings (SSSR count). The molecule has 6 heteroatoms. The summed E-state index contributed by atoms with van der Waals surface area (Å²) in [5, 5.41) is 11.1. The van der Waals surface area contributed by atoms with Gasteiger partial charge in [0.05, 0.1) is 10.5 Å². The van der Waals surface area contributed by atoms with Crippen LogP contribution in [-0.2, 0) is 11.3 Å². The first-order valence-corrected chi connectivity index (χ1v) is 9.59. The molecule has 0 saturated heterocycles. The Bertz CT molecular complexity index is 563. The van der Waals surface area contributed by atoms with Crippen LogP contribution in [0.15, 0.2) is 24.3 Å². The highest BCUT2D eigenvalue weighted by atomic mass is 16.6. The number of hydrogen-bond acceptors (Lipinski definition) is 4. The fourth-order valence-corrected chi connectivity index (χ4v) is 3.10. The molecule has 0 aromatic heterocycles. The monoisotopic (exact) mass is 364 g/mol. The van der Waals surface area contributed by atoms with E-state index in [9.17, 15) is 14.9 Å². The zero-order chi connectivity index (χ0) is 19.5. The SMILES string of the molecule is CCCCC(C)N(C(=O)OCc1ccccc1[N+](=O)[O-])C(C)CCCC. The van der Waals surface area contributed by atoms with Crippen LogP contribution in [0.5, 0.6) is 0 Å². The third-order valence-corrected chi connectivity index (χ3v) is 4.65. The summed E-state index contributed by atoms with van der Waals surface area (Å²) in [6, 6.07) is 6.53. The van der Waals surface area contributed by atoms with Crippen molar-refractivity contribution in [1.82, 2.24) is 4.90 Å². The average molecular weight is 364 g/mol. The van der Waals surface area contributed by atoms with Gasteiger partial charge in [0, 0.05) is 18.2 Å². The van der Waals surface area contributed by atoms with Gasteiger partial charge in [-0.2, -0.15) is 0 Å². The maximum atomic E-state index is 12.7. The third kappa shape index (κ3) is 6.65. The maximum Gasteiger partial charge on any atom is 0.410 e. The van der Waals surface area contributed by atoms with Crippen molar-refractivity contribution in [3.8, 4) is 0 Å². The number of nitrogens with zero attached hydrogens (tertiary/aromatic N) is 2. The molecule has 26 heavy (non-hydrogen) atoms. The van der Waals surface area contributed by atoms with Crippen LogP contribution in [0.4, 0.5) is 10.5 Å². The van der Waals surface area contributed by atoms with E-state index in [1.54, 1.807) is 23.1 Å². The lowest BCUT2D eigenvalue weighted by Gasteiger charge is -2.34. The lowest BCUT2D eigenvalue weighted by Crippen LogP contribution is -2.45. The highest BCUT2D eigenvalue weighted by Crippen LogP contribution is 2.21. The zero-order valence-electron chi connectivity index (χ0n) is 16.4. The zero-order valence-corrected chi connectivity index (χ0v) is 16.4. The molecule has 0 aliphatic rings. The smallest absolute Gasteiger partial charge is 0.410 e. The first kappa shape index (κ1) is 21.9. The van der Waals surface area contributed by atoms with Crippen LogP contribution in [0.25, 0.3) is 0 Å². The van der Waals surface area contributed by atoms with Gasteiger partial charge in [0.15, 0.2) is 0 Å². The molecule has 0 bridgehead atoms. The summed E-state index contributed by atoms with van der Waals surface area (Å²) in [5.74, 6) is 0. The van der Waals surface area contributed by atoms with Gasteiger partial charge in [-0.05, 0) is 32.8 Å². The predicted octanol–water partition coefficient (Wildman–Crippen LogP) is 5.69. The number of unbranched alkanes of at least 4 members (excludes halogenated alkanes) is 2. The minimum atomic E-state index is -0.450. The van der Waals surface area contributed by atoms with Gasteiger partial charge in [0.25, 0.3) is 5.69 Å². The predicted molar refractivity (Wildman–Crippen MR) is 103 cm³/mol. The number of rotatable bonds is 11. The van der Waals surface area contributed by atoms with Crippen molar-refractivity contribution in [2.45, 2.75) is 84.9 Å². The average Bonchev–Trinajstić information content (AvgIpc) is 2.63. The molecule has 1 aromatic carbocycles. The minimum absolute atomic E-state index is 0.0232. The summed E-state index contributed by atoms with van der Waals surface area (Å²) in [6.45, 7) is 8.26. The summed E-state index contributed by atoms with van der Waals surface area (Å²) in [5.41, 5.74) is 0.387. The number of carbonyl (C=O) groups excluding carboxylic acids is 1. The van der Waals surface area contributed by atoms with Crippen molar-refractivity contribution in [3.05, 3.63) is 39.9 Å². The van der Waals surface area contributed by atoms with Crippen LogP contribution in [0.2, 0.25) is 0 Å². The van der Waals surface area contributed by atoms with Crippen molar-refractivity contribution in [2.75, 3.05) is 0 Å². The summed E-state index contributed by atoms with van der Waals surface area (Å²) < 4.78 is 5.47. The van der Waals surface area contributed by atoms with Gasteiger partial charge in [-0.1, -0.05) is 51.7 Å². The molecular weight excluding hydrogens is 332 g/mol. The molecule has 0 fully saturated rings. The van der Waals surface area contributed by atoms with Crippen LogP contribution < -0.4 is 0 Å². The van der Waals surface area contributed by atoms with Gasteiger partial charge < -0.3 is 9.64 Å². The van der Waals surface area contributed by atoms with E-state index < -0.39 is 11.0 Å². The van der Waals surface area contributed by atoms with Crippen LogP contribution >= 0.6 is 0 Å². The largest absolute Gasteiger partial charge is 0.444 e. The number of benzene rings is 1. The standard InChI is InChI=1S/C20H32N2O4/c1-5-7-11-16(3)21(17(4)12-8-6-2)20(23)26-15-18-13-9-10-14-19(18)22(24)25/h9-10,13-14,16-17H,5-8,11-12,15H2,1-4H3. The van der Waals surface area contributed by atoms with Crippen LogP contribution in [0, 0.1) is 10.1 Å². The summed E-state index contributed by atoms with van der Waals surface area (Å²) in [4.78, 5) is 25.2. The molecule has 0 N–H and O–H groups in total. The normalized spacial score (nSPS) is 13.1. The van der Waals surface area contributed by atoms with E-state index in [2.05, 4.69) is 13.8 Å². The van der Waals surface area contributed by atoms with E-state index in [1.807, 2.05) is 13.8 Å². The van der Waals surface area contributed by atoms with E-state index in [0.29, 0.717) is 5.56 Å². The number of para-hydroxylation sites is 1. The Hall–Kier alpha value is -2.11. The van der Waals surface area contributed by atoms with Gasteiger partial charge in [0.1, 0.15) is 6.61 Å². The second-order valence-electron chi connectivity index (χ2n) is 6.83. The lowest BCUT2D eigenvalue weighted by molar-refractivity contribution is -0.385. The summed E-state index contributed by atoms with van der Waals surface area (Å²) >= 11 is 0. The summed E-state index contributed by atoms with van der Waals surface area (Å²) in [7, 11) is 0. The maximum absolute atomic E-state index is 12.7. The molecule has 0 aliphatic carbocycles. The first-order chi connectivity index (χ1) is 12.4. The van der Waals surface area contributed by atoms with E-state index in [1.165, 1.54) is 6.07 Å². The van der Waals surface area contributed by atoms with E-state index in [-0.39, 0.29) is 24.4 Å². The quantitative estimate of drug-likeness (QED) is 0.373. The van der Waals surface area contributed by atoms with Gasteiger partial charge in [-0.25, -0.2) is 4.79 Å². The Balaban J connectivity index is 2.83. The fourth-order valence-electron chi connectivity index (χ4n) is 3.10. The molecule has 146 valence electrons. The molecule has 2 atom stereocenters. The Kier molecular flexibility index (Phi) is 9.70. The second-order valence-corrected chi connectivity index (χ2v) is 6.83. The Morgan fingerprint density at radius 1 is 1.12 bits per heavy atom. The summed E-state index contributed by atoms with van der Waals surface area (Å²) in [6.07, 6.45) is 5.71. The molecule has 0 radical (unpaired) electrons. The molecule has 2 unspecified atom stereocenters. The topological polar surface area (TPSA) is 72.7 Å². The molecule has 0 aliphatic heterocycles. The highest BCUT2D eigenvalue weighted by Gasteiger charge is 2.27. The molecule has 6 nitrogen and oxygen atoms in total. The van der Waals surface area contributed by atoms with Gasteiger partial charge in [-0.3, -0.25) is 10.1 Å². The molecular formula is C20H32N2O4. The highest BCUT2D eigenvalue weighted by molar-refractivity contribution is 5.68. The Labute approximate surface area is 156 Å². The van der Waals surface area contributed by atoms with Crippen LogP contribution in [0.3, 0.4) is 0 Å². The van der Waals surface area contributed by atoms with Gasteiger partial charge in [-0.15, -0.1) is 0 Å². The van der Waals surface area contributed by atoms with Crippen molar-refractivity contribution < 1.29 is 14.5 Å². The molecule has 1 aromatic rings. The number of hydrogen-bond donors (Lipinski definition) is 0. The fraction of sp³-hybridized carbons (Fsp3) is 0.650. The number of nitro benzene ring substituents is 1. The van der Waals surface area contributed by atoms with Crippen molar-refractivity contribution >= 4 is 11.8 Å².